The fourth-order valence-corrected chi connectivity index (χ4v) is 1.27. The number of pyridine rings is 1. The summed E-state index contributed by atoms with van der Waals surface area (Å²) in [5.41, 5.74) is 1.36. The Balaban J connectivity index is 1.74. The van der Waals surface area contributed by atoms with E-state index in [9.17, 15) is 4.79 Å². The maximum absolute atomic E-state index is 11.4. The Kier molecular flexibility index (Phi) is 3.85. The first-order valence-corrected chi connectivity index (χ1v) is 5.38. The summed E-state index contributed by atoms with van der Waals surface area (Å²) in [4.78, 5) is 15.5. The first-order chi connectivity index (χ1) is 8.75. The van der Waals surface area contributed by atoms with Crippen LogP contribution in [0.25, 0.3) is 0 Å². The van der Waals surface area contributed by atoms with Gasteiger partial charge in [-0.25, -0.2) is 9.42 Å². The van der Waals surface area contributed by atoms with Gasteiger partial charge in [-0.15, -0.1) is 0 Å². The van der Waals surface area contributed by atoms with Crippen molar-refractivity contribution in [3.05, 3.63) is 35.8 Å². The SMILES string of the molecule is Cc1nonc1NC(=O)OCCc1ccccn1. The highest BCUT2D eigenvalue weighted by Crippen LogP contribution is 2.07. The van der Waals surface area contributed by atoms with Crippen molar-refractivity contribution in [3.8, 4) is 0 Å². The molecule has 7 nitrogen and oxygen atoms in total. The number of rotatable bonds is 4. The van der Waals surface area contributed by atoms with E-state index >= 15 is 0 Å². The first-order valence-electron chi connectivity index (χ1n) is 5.38. The molecular formula is C11H12N4O3. The summed E-state index contributed by atoms with van der Waals surface area (Å²) in [6, 6.07) is 5.58. The zero-order chi connectivity index (χ0) is 12.8. The van der Waals surface area contributed by atoms with Crippen molar-refractivity contribution in [1.29, 1.82) is 0 Å². The number of amides is 1. The van der Waals surface area contributed by atoms with Crippen LogP contribution in [0.2, 0.25) is 0 Å². The Bertz CT molecular complexity index is 512. The lowest BCUT2D eigenvalue weighted by molar-refractivity contribution is 0.162. The molecule has 2 heterocycles. The van der Waals surface area contributed by atoms with Crippen LogP contribution in [0.3, 0.4) is 0 Å². The van der Waals surface area contributed by atoms with E-state index in [-0.39, 0.29) is 12.4 Å². The molecule has 0 radical (unpaired) electrons. The molecule has 2 rings (SSSR count). The predicted octanol–water partition coefficient (Wildman–Crippen LogP) is 1.56. The highest BCUT2D eigenvalue weighted by molar-refractivity contribution is 5.83. The van der Waals surface area contributed by atoms with Crippen LogP contribution in [0.4, 0.5) is 10.6 Å². The normalized spacial score (nSPS) is 10.1. The standard InChI is InChI=1S/C11H12N4O3/c1-8-10(15-18-14-8)13-11(16)17-7-5-9-4-2-3-6-12-9/h2-4,6H,5,7H2,1H3,(H,13,15,16). The third kappa shape index (κ3) is 3.27. The van der Waals surface area contributed by atoms with Gasteiger partial charge in [0.1, 0.15) is 5.69 Å². The van der Waals surface area contributed by atoms with Gasteiger partial charge in [-0.3, -0.25) is 10.3 Å². The van der Waals surface area contributed by atoms with Crippen LogP contribution in [0, 0.1) is 6.92 Å². The van der Waals surface area contributed by atoms with Crippen molar-refractivity contribution < 1.29 is 14.2 Å². The zero-order valence-electron chi connectivity index (χ0n) is 9.79. The Morgan fingerprint density at radius 3 is 3.00 bits per heavy atom. The Labute approximate surface area is 103 Å². The van der Waals surface area contributed by atoms with Gasteiger partial charge < -0.3 is 4.74 Å². The van der Waals surface area contributed by atoms with E-state index in [1.165, 1.54) is 0 Å². The third-order valence-corrected chi connectivity index (χ3v) is 2.19. The van der Waals surface area contributed by atoms with Gasteiger partial charge in [0.15, 0.2) is 0 Å². The molecule has 0 bridgehead atoms. The highest BCUT2D eigenvalue weighted by Gasteiger charge is 2.10. The molecular weight excluding hydrogens is 236 g/mol. The van der Waals surface area contributed by atoms with Crippen LogP contribution in [-0.4, -0.2) is 28.0 Å². The Hall–Kier alpha value is -2.44. The maximum atomic E-state index is 11.4. The van der Waals surface area contributed by atoms with Crippen molar-refractivity contribution in [2.45, 2.75) is 13.3 Å². The van der Waals surface area contributed by atoms with Gasteiger partial charge in [0.25, 0.3) is 0 Å². The minimum Gasteiger partial charge on any atom is -0.449 e. The molecule has 0 aliphatic heterocycles. The number of aromatic nitrogens is 3. The number of anilines is 1. The summed E-state index contributed by atoms with van der Waals surface area (Å²) in [6.07, 6.45) is 1.66. The largest absolute Gasteiger partial charge is 0.449 e. The van der Waals surface area contributed by atoms with Crippen molar-refractivity contribution in [2.75, 3.05) is 11.9 Å². The lowest BCUT2D eigenvalue weighted by Gasteiger charge is -2.04. The van der Waals surface area contributed by atoms with Gasteiger partial charge in [-0.1, -0.05) is 11.2 Å². The summed E-state index contributed by atoms with van der Waals surface area (Å²) in [5.74, 6) is 0.262. The monoisotopic (exact) mass is 248 g/mol. The molecule has 0 unspecified atom stereocenters. The maximum Gasteiger partial charge on any atom is 0.412 e. The molecule has 0 saturated heterocycles. The molecule has 7 heteroatoms. The van der Waals surface area contributed by atoms with Gasteiger partial charge in [-0.05, 0) is 24.2 Å². The second-order valence-corrected chi connectivity index (χ2v) is 3.53. The number of carbonyl (C=O) groups excluding carboxylic acids is 1. The first kappa shape index (κ1) is 12.0. The van der Waals surface area contributed by atoms with Crippen LogP contribution >= 0.6 is 0 Å². The summed E-state index contributed by atoms with van der Waals surface area (Å²) in [5, 5.41) is 9.47. The average Bonchev–Trinajstić information content (AvgIpc) is 2.76. The number of hydrogen-bond donors (Lipinski definition) is 1. The summed E-state index contributed by atoms with van der Waals surface area (Å²) < 4.78 is 9.41. The average molecular weight is 248 g/mol. The lowest BCUT2D eigenvalue weighted by Crippen LogP contribution is -2.16. The van der Waals surface area contributed by atoms with Crippen LogP contribution in [-0.2, 0) is 11.2 Å². The van der Waals surface area contributed by atoms with Gasteiger partial charge in [0, 0.05) is 18.3 Å². The number of ether oxygens (including phenoxy) is 1. The van der Waals surface area contributed by atoms with E-state index in [1.54, 1.807) is 13.1 Å². The molecule has 2 aromatic heterocycles. The van der Waals surface area contributed by atoms with E-state index in [0.717, 1.165) is 5.69 Å². The minimum absolute atomic E-state index is 0.243. The molecule has 18 heavy (non-hydrogen) atoms. The smallest absolute Gasteiger partial charge is 0.412 e. The van der Waals surface area contributed by atoms with E-state index in [1.807, 2.05) is 18.2 Å². The number of carbonyl (C=O) groups is 1. The van der Waals surface area contributed by atoms with Gasteiger partial charge in [0.2, 0.25) is 5.82 Å². The van der Waals surface area contributed by atoms with Crippen LogP contribution in [0.5, 0.6) is 0 Å². The fourth-order valence-electron chi connectivity index (χ4n) is 1.27. The molecule has 0 aromatic carbocycles. The number of nitrogens with one attached hydrogen (secondary N) is 1. The van der Waals surface area contributed by atoms with Crippen molar-refractivity contribution in [3.63, 3.8) is 0 Å². The summed E-state index contributed by atoms with van der Waals surface area (Å²) in [7, 11) is 0. The molecule has 0 aliphatic carbocycles. The summed E-state index contributed by atoms with van der Waals surface area (Å²) >= 11 is 0. The molecule has 1 N–H and O–H groups in total. The topological polar surface area (TPSA) is 90.1 Å². The molecule has 0 saturated carbocycles. The predicted molar refractivity (Wildman–Crippen MR) is 61.9 cm³/mol. The second kappa shape index (κ2) is 5.76. The van der Waals surface area contributed by atoms with Gasteiger partial charge in [0.05, 0.1) is 6.61 Å². The number of nitrogens with zero attached hydrogens (tertiary/aromatic N) is 3. The molecule has 0 fully saturated rings. The lowest BCUT2D eigenvalue weighted by atomic mass is 10.3. The van der Waals surface area contributed by atoms with Crippen molar-refractivity contribution >= 4 is 11.9 Å². The van der Waals surface area contributed by atoms with E-state index < -0.39 is 6.09 Å². The molecule has 0 atom stereocenters. The molecule has 1 amide bonds. The van der Waals surface area contributed by atoms with Crippen LogP contribution < -0.4 is 5.32 Å². The molecule has 0 aliphatic rings. The van der Waals surface area contributed by atoms with Gasteiger partial charge >= 0.3 is 6.09 Å². The third-order valence-electron chi connectivity index (χ3n) is 2.19. The number of aryl methyl sites for hydroxylation is 1. The van der Waals surface area contributed by atoms with E-state index in [4.69, 9.17) is 4.74 Å². The van der Waals surface area contributed by atoms with E-state index in [2.05, 4.69) is 25.2 Å². The zero-order valence-corrected chi connectivity index (χ0v) is 9.79. The quantitative estimate of drug-likeness (QED) is 0.883. The molecule has 0 spiro atoms. The second-order valence-electron chi connectivity index (χ2n) is 3.53. The van der Waals surface area contributed by atoms with Crippen LogP contribution in [0.15, 0.2) is 29.0 Å². The molecule has 94 valence electrons. The van der Waals surface area contributed by atoms with Crippen molar-refractivity contribution in [1.82, 2.24) is 15.3 Å². The van der Waals surface area contributed by atoms with E-state index in [0.29, 0.717) is 12.1 Å². The van der Waals surface area contributed by atoms with Crippen molar-refractivity contribution in [2.24, 2.45) is 0 Å². The Morgan fingerprint density at radius 2 is 2.33 bits per heavy atom. The number of hydrogen-bond acceptors (Lipinski definition) is 6. The Morgan fingerprint density at radius 1 is 1.44 bits per heavy atom. The fraction of sp³-hybridized carbons (Fsp3) is 0.273. The van der Waals surface area contributed by atoms with Crippen LogP contribution in [0.1, 0.15) is 11.4 Å². The minimum atomic E-state index is -0.593. The molecule has 2 aromatic rings. The highest BCUT2D eigenvalue weighted by atomic mass is 16.6. The van der Waals surface area contributed by atoms with Gasteiger partial charge in [-0.2, -0.15) is 0 Å². The summed E-state index contributed by atoms with van der Waals surface area (Å²) in [6.45, 7) is 1.91.